The molecule has 1 atom stereocenters. The molecule has 0 saturated carbocycles. The van der Waals surface area contributed by atoms with Crippen molar-refractivity contribution in [2.45, 2.75) is 26.3 Å². The molecule has 1 unspecified atom stereocenters. The van der Waals surface area contributed by atoms with E-state index in [1.807, 2.05) is 0 Å². The summed E-state index contributed by atoms with van der Waals surface area (Å²) in [4.78, 5) is 0. The minimum Gasteiger partial charge on any atom is -0.324 e. The van der Waals surface area contributed by atoms with Gasteiger partial charge in [-0.2, -0.15) is 0 Å². The third-order valence-corrected chi connectivity index (χ3v) is 2.58. The molecule has 0 saturated heterocycles. The maximum Gasteiger partial charge on any atom is 0.128 e. The van der Waals surface area contributed by atoms with Crippen molar-refractivity contribution in [2.24, 2.45) is 11.7 Å². The van der Waals surface area contributed by atoms with E-state index in [1.165, 1.54) is 6.07 Å². The number of hydrogen-bond acceptors (Lipinski definition) is 1. The largest absolute Gasteiger partial charge is 0.324 e. The van der Waals surface area contributed by atoms with Crippen LogP contribution in [0.4, 0.5) is 4.39 Å². The summed E-state index contributed by atoms with van der Waals surface area (Å²) < 4.78 is 14.2. The second-order valence-corrected chi connectivity index (χ2v) is 4.82. The number of benzene rings is 1. The molecule has 0 radical (unpaired) electrons. The summed E-state index contributed by atoms with van der Waals surface area (Å²) in [6.45, 7) is 4.16. The van der Waals surface area contributed by atoms with E-state index < -0.39 is 0 Å². The Bertz CT molecular complexity index is 312. The van der Waals surface area contributed by atoms with E-state index >= 15 is 0 Å². The Morgan fingerprint density at radius 3 is 2.64 bits per heavy atom. The van der Waals surface area contributed by atoms with E-state index in [-0.39, 0.29) is 11.9 Å². The van der Waals surface area contributed by atoms with E-state index in [0.29, 0.717) is 11.5 Å². The lowest BCUT2D eigenvalue weighted by Crippen LogP contribution is -2.14. The van der Waals surface area contributed by atoms with Crippen molar-refractivity contribution >= 4 is 15.9 Å². The highest BCUT2D eigenvalue weighted by molar-refractivity contribution is 9.10. The molecule has 0 spiro atoms. The lowest BCUT2D eigenvalue weighted by Gasteiger charge is -2.15. The highest BCUT2D eigenvalue weighted by atomic mass is 79.9. The molecule has 1 aromatic carbocycles. The standard InChI is InChI=1S/C11H15BrFN/c1-7(2)5-11(14)9-6-8(12)3-4-10(9)13/h3-4,6-7,11H,5,14H2,1-2H3. The zero-order valence-corrected chi connectivity index (χ0v) is 10.0. The van der Waals surface area contributed by atoms with Crippen LogP contribution in [0.3, 0.4) is 0 Å². The van der Waals surface area contributed by atoms with Crippen LogP contribution in [0.1, 0.15) is 31.9 Å². The Hall–Kier alpha value is -0.410. The van der Waals surface area contributed by atoms with Crippen molar-refractivity contribution in [3.8, 4) is 0 Å². The average molecular weight is 260 g/mol. The molecule has 0 amide bonds. The maximum atomic E-state index is 13.4. The van der Waals surface area contributed by atoms with E-state index in [1.54, 1.807) is 12.1 Å². The van der Waals surface area contributed by atoms with Gasteiger partial charge in [0.1, 0.15) is 5.82 Å². The molecule has 3 heteroatoms. The van der Waals surface area contributed by atoms with Crippen LogP contribution in [0.2, 0.25) is 0 Å². The van der Waals surface area contributed by atoms with Crippen LogP contribution in [0.15, 0.2) is 22.7 Å². The summed E-state index contributed by atoms with van der Waals surface area (Å²) in [6, 6.07) is 4.66. The van der Waals surface area contributed by atoms with Crippen molar-refractivity contribution in [2.75, 3.05) is 0 Å². The molecule has 0 bridgehead atoms. The first-order chi connectivity index (χ1) is 6.50. The molecule has 1 aromatic rings. The first-order valence-corrected chi connectivity index (χ1v) is 5.50. The number of rotatable bonds is 3. The number of nitrogens with two attached hydrogens (primary N) is 1. The zero-order chi connectivity index (χ0) is 10.7. The van der Waals surface area contributed by atoms with Crippen LogP contribution >= 0.6 is 15.9 Å². The Kier molecular flexibility index (Phi) is 4.08. The predicted octanol–water partition coefficient (Wildman–Crippen LogP) is 3.63. The Morgan fingerprint density at radius 2 is 2.07 bits per heavy atom. The Balaban J connectivity index is 2.88. The highest BCUT2D eigenvalue weighted by Crippen LogP contribution is 2.24. The minimum atomic E-state index is -0.221. The van der Waals surface area contributed by atoms with E-state index in [4.69, 9.17) is 5.73 Å². The molecule has 0 aliphatic heterocycles. The van der Waals surface area contributed by atoms with Crippen molar-refractivity contribution in [1.29, 1.82) is 0 Å². The fourth-order valence-electron chi connectivity index (χ4n) is 1.43. The fourth-order valence-corrected chi connectivity index (χ4v) is 1.81. The van der Waals surface area contributed by atoms with E-state index in [2.05, 4.69) is 29.8 Å². The molecule has 1 nitrogen and oxygen atoms in total. The lowest BCUT2D eigenvalue weighted by atomic mass is 9.97. The monoisotopic (exact) mass is 259 g/mol. The van der Waals surface area contributed by atoms with Gasteiger partial charge in [-0.15, -0.1) is 0 Å². The van der Waals surface area contributed by atoms with Crippen LogP contribution < -0.4 is 5.73 Å². The molecule has 0 aliphatic rings. The third-order valence-electron chi connectivity index (χ3n) is 2.08. The molecule has 0 fully saturated rings. The van der Waals surface area contributed by atoms with E-state index in [0.717, 1.165) is 10.9 Å². The molecule has 1 rings (SSSR count). The molecule has 14 heavy (non-hydrogen) atoms. The van der Waals surface area contributed by atoms with Crippen LogP contribution in [0.5, 0.6) is 0 Å². The van der Waals surface area contributed by atoms with Crippen molar-refractivity contribution < 1.29 is 4.39 Å². The second-order valence-electron chi connectivity index (χ2n) is 3.90. The zero-order valence-electron chi connectivity index (χ0n) is 8.43. The smallest absolute Gasteiger partial charge is 0.128 e. The first kappa shape index (κ1) is 11.7. The Morgan fingerprint density at radius 1 is 1.43 bits per heavy atom. The molecule has 2 N–H and O–H groups in total. The summed E-state index contributed by atoms with van der Waals surface area (Å²) in [7, 11) is 0. The molecule has 78 valence electrons. The van der Waals surface area contributed by atoms with Gasteiger partial charge in [-0.3, -0.25) is 0 Å². The SMILES string of the molecule is CC(C)CC(N)c1cc(Br)ccc1F. The van der Waals surface area contributed by atoms with Crippen molar-refractivity contribution in [1.82, 2.24) is 0 Å². The van der Waals surface area contributed by atoms with Gasteiger partial charge < -0.3 is 5.73 Å². The van der Waals surface area contributed by atoms with Crippen LogP contribution in [-0.2, 0) is 0 Å². The second kappa shape index (κ2) is 4.89. The maximum absolute atomic E-state index is 13.4. The molecule has 0 heterocycles. The van der Waals surface area contributed by atoms with Crippen molar-refractivity contribution in [3.05, 3.63) is 34.1 Å². The topological polar surface area (TPSA) is 26.0 Å². The van der Waals surface area contributed by atoms with Gasteiger partial charge in [-0.1, -0.05) is 29.8 Å². The molecular weight excluding hydrogens is 245 g/mol. The highest BCUT2D eigenvalue weighted by Gasteiger charge is 2.12. The summed E-state index contributed by atoms with van der Waals surface area (Å²) in [6.07, 6.45) is 0.799. The third kappa shape index (κ3) is 3.07. The molecule has 0 aliphatic carbocycles. The van der Waals surface area contributed by atoms with Gasteiger partial charge in [-0.25, -0.2) is 4.39 Å². The average Bonchev–Trinajstić information content (AvgIpc) is 2.08. The van der Waals surface area contributed by atoms with Crippen molar-refractivity contribution in [3.63, 3.8) is 0 Å². The van der Waals surface area contributed by atoms with Gasteiger partial charge in [-0.05, 0) is 30.5 Å². The normalized spacial score (nSPS) is 13.3. The minimum absolute atomic E-state index is 0.215. The summed E-state index contributed by atoms with van der Waals surface area (Å²) in [5.74, 6) is 0.254. The van der Waals surface area contributed by atoms with Gasteiger partial charge >= 0.3 is 0 Å². The molecular formula is C11H15BrFN. The summed E-state index contributed by atoms with van der Waals surface area (Å²) in [5.41, 5.74) is 6.50. The van der Waals surface area contributed by atoms with Crippen LogP contribution in [-0.4, -0.2) is 0 Å². The van der Waals surface area contributed by atoms with Gasteiger partial charge in [0, 0.05) is 16.1 Å². The van der Waals surface area contributed by atoms with Gasteiger partial charge in [0.2, 0.25) is 0 Å². The van der Waals surface area contributed by atoms with Gasteiger partial charge in [0.15, 0.2) is 0 Å². The lowest BCUT2D eigenvalue weighted by molar-refractivity contribution is 0.489. The van der Waals surface area contributed by atoms with Gasteiger partial charge in [0.25, 0.3) is 0 Å². The predicted molar refractivity (Wildman–Crippen MR) is 60.5 cm³/mol. The molecule has 0 aromatic heterocycles. The number of halogens is 2. The van der Waals surface area contributed by atoms with Gasteiger partial charge in [0.05, 0.1) is 0 Å². The fraction of sp³-hybridized carbons (Fsp3) is 0.455. The Labute approximate surface area is 92.6 Å². The first-order valence-electron chi connectivity index (χ1n) is 4.71. The summed E-state index contributed by atoms with van der Waals surface area (Å²) >= 11 is 3.31. The number of hydrogen-bond donors (Lipinski definition) is 1. The summed E-state index contributed by atoms with van der Waals surface area (Å²) in [5, 5.41) is 0. The van der Waals surface area contributed by atoms with E-state index in [9.17, 15) is 4.39 Å². The van der Waals surface area contributed by atoms with Crippen LogP contribution in [0.25, 0.3) is 0 Å². The quantitative estimate of drug-likeness (QED) is 0.882. The van der Waals surface area contributed by atoms with Crippen LogP contribution in [0, 0.1) is 11.7 Å².